The van der Waals surface area contributed by atoms with Crippen LogP contribution in [0.3, 0.4) is 0 Å². The van der Waals surface area contributed by atoms with Crippen molar-refractivity contribution in [1.29, 1.82) is 0 Å². The van der Waals surface area contributed by atoms with Crippen LogP contribution < -0.4 is 14.4 Å². The van der Waals surface area contributed by atoms with E-state index in [9.17, 15) is 9.59 Å². The van der Waals surface area contributed by atoms with Crippen LogP contribution in [0.5, 0.6) is 11.5 Å². The summed E-state index contributed by atoms with van der Waals surface area (Å²) < 4.78 is 10.6. The Hall–Kier alpha value is -3.58. The zero-order chi connectivity index (χ0) is 22.0. The van der Waals surface area contributed by atoms with Crippen molar-refractivity contribution in [1.82, 2.24) is 4.90 Å². The number of imide groups is 1. The van der Waals surface area contributed by atoms with Crippen molar-refractivity contribution in [2.45, 2.75) is 6.54 Å². The van der Waals surface area contributed by atoms with E-state index in [1.807, 2.05) is 59.8 Å². The van der Waals surface area contributed by atoms with E-state index in [1.165, 1.54) is 30.5 Å². The number of likely N-dealkylation sites (N-methyl/N-ethyl adjacent to an activating group) is 1. The molecule has 1 aliphatic heterocycles. The van der Waals surface area contributed by atoms with Crippen LogP contribution in [0.4, 0.5) is 5.69 Å². The van der Waals surface area contributed by atoms with Gasteiger partial charge in [0.25, 0.3) is 11.8 Å². The van der Waals surface area contributed by atoms with Gasteiger partial charge in [-0.1, -0.05) is 36.4 Å². The smallest absolute Gasteiger partial charge is 0.282 e. The SMILES string of the molecule is COc1ccc(N2C(=O)C(c3cccs3)=C(N(C)Cc3ccccc3)C2=O)cc1OC. The van der Waals surface area contributed by atoms with Crippen molar-refractivity contribution in [2.24, 2.45) is 0 Å². The molecular weight excluding hydrogens is 412 g/mol. The fraction of sp³-hybridized carbons (Fsp3) is 0.167. The van der Waals surface area contributed by atoms with Gasteiger partial charge in [-0.3, -0.25) is 9.59 Å². The molecule has 6 nitrogen and oxygen atoms in total. The van der Waals surface area contributed by atoms with Crippen molar-refractivity contribution in [3.05, 3.63) is 82.2 Å². The molecule has 0 saturated carbocycles. The van der Waals surface area contributed by atoms with Crippen LogP contribution in [0.1, 0.15) is 10.4 Å². The topological polar surface area (TPSA) is 59.1 Å². The molecular formula is C24H22N2O4S. The predicted octanol–water partition coefficient (Wildman–Crippen LogP) is 4.18. The molecule has 4 rings (SSSR count). The number of anilines is 1. The monoisotopic (exact) mass is 434 g/mol. The van der Waals surface area contributed by atoms with Gasteiger partial charge in [0.1, 0.15) is 5.70 Å². The molecule has 2 amide bonds. The molecule has 0 saturated heterocycles. The lowest BCUT2D eigenvalue weighted by atomic mass is 10.1. The van der Waals surface area contributed by atoms with E-state index in [0.29, 0.717) is 35.0 Å². The summed E-state index contributed by atoms with van der Waals surface area (Å²) in [6.45, 7) is 0.504. The second-order valence-corrected chi connectivity index (χ2v) is 7.98. The van der Waals surface area contributed by atoms with Crippen molar-refractivity contribution in [2.75, 3.05) is 26.2 Å². The quantitative estimate of drug-likeness (QED) is 0.522. The Morgan fingerprint density at radius 2 is 1.65 bits per heavy atom. The number of carbonyl (C=O) groups is 2. The van der Waals surface area contributed by atoms with Crippen LogP contribution >= 0.6 is 11.3 Å². The maximum Gasteiger partial charge on any atom is 0.282 e. The number of benzene rings is 2. The fourth-order valence-electron chi connectivity index (χ4n) is 3.65. The third-order valence-electron chi connectivity index (χ3n) is 5.10. The summed E-state index contributed by atoms with van der Waals surface area (Å²) in [7, 11) is 4.89. The highest BCUT2D eigenvalue weighted by atomic mass is 32.1. The Kier molecular flexibility index (Phi) is 5.77. The Balaban J connectivity index is 1.76. The molecule has 2 heterocycles. The second kappa shape index (κ2) is 8.65. The van der Waals surface area contributed by atoms with Crippen molar-refractivity contribution in [3.63, 3.8) is 0 Å². The Labute approximate surface area is 184 Å². The Morgan fingerprint density at radius 3 is 2.29 bits per heavy atom. The van der Waals surface area contributed by atoms with E-state index in [-0.39, 0.29) is 11.8 Å². The highest BCUT2D eigenvalue weighted by Crippen LogP contribution is 2.39. The molecule has 1 aliphatic rings. The summed E-state index contributed by atoms with van der Waals surface area (Å²) in [6, 6.07) is 18.6. The highest BCUT2D eigenvalue weighted by Gasteiger charge is 2.42. The third-order valence-corrected chi connectivity index (χ3v) is 5.98. The number of hydrogen-bond acceptors (Lipinski definition) is 6. The van der Waals surface area contributed by atoms with Gasteiger partial charge in [0.05, 0.1) is 25.5 Å². The zero-order valence-corrected chi connectivity index (χ0v) is 18.3. The van der Waals surface area contributed by atoms with Gasteiger partial charge in [0, 0.05) is 24.5 Å². The molecule has 1 aromatic heterocycles. The molecule has 0 unspecified atom stereocenters. The molecule has 0 fully saturated rings. The van der Waals surface area contributed by atoms with Crippen LogP contribution in [0.25, 0.3) is 5.57 Å². The minimum atomic E-state index is -0.362. The molecule has 0 bridgehead atoms. The standard InChI is InChI=1S/C24H22N2O4S/c1-25(15-16-8-5-4-6-9-16)22-21(20-10-7-13-31-20)23(27)26(24(22)28)17-11-12-18(29-2)19(14-17)30-3/h4-14H,15H2,1-3H3. The zero-order valence-electron chi connectivity index (χ0n) is 17.5. The van der Waals surface area contributed by atoms with Gasteiger partial charge >= 0.3 is 0 Å². The number of amides is 2. The molecule has 158 valence electrons. The first kappa shape index (κ1) is 20.7. The average Bonchev–Trinajstić information content (AvgIpc) is 3.40. The summed E-state index contributed by atoms with van der Waals surface area (Å²) in [4.78, 5) is 30.8. The van der Waals surface area contributed by atoms with Crippen molar-refractivity contribution < 1.29 is 19.1 Å². The summed E-state index contributed by atoms with van der Waals surface area (Å²) >= 11 is 1.44. The maximum absolute atomic E-state index is 13.5. The summed E-state index contributed by atoms with van der Waals surface area (Å²) in [5, 5.41) is 1.90. The Morgan fingerprint density at radius 1 is 0.903 bits per heavy atom. The van der Waals surface area contributed by atoms with E-state index in [1.54, 1.807) is 18.2 Å². The van der Waals surface area contributed by atoms with Gasteiger partial charge < -0.3 is 14.4 Å². The average molecular weight is 435 g/mol. The van der Waals surface area contributed by atoms with Gasteiger partial charge in [-0.05, 0) is 29.1 Å². The van der Waals surface area contributed by atoms with Crippen molar-refractivity contribution in [3.8, 4) is 11.5 Å². The molecule has 31 heavy (non-hydrogen) atoms. The molecule has 0 radical (unpaired) electrons. The fourth-order valence-corrected chi connectivity index (χ4v) is 4.41. The number of carbonyl (C=O) groups excluding carboxylic acids is 2. The molecule has 0 N–H and O–H groups in total. The van der Waals surface area contributed by atoms with Crippen LogP contribution in [0.2, 0.25) is 0 Å². The van der Waals surface area contributed by atoms with Crippen LogP contribution in [-0.4, -0.2) is 38.0 Å². The summed E-state index contributed by atoms with van der Waals surface area (Å²) in [5.74, 6) is 0.260. The van der Waals surface area contributed by atoms with Crippen LogP contribution in [0, 0.1) is 0 Å². The lowest BCUT2D eigenvalue weighted by molar-refractivity contribution is -0.120. The van der Waals surface area contributed by atoms with E-state index < -0.39 is 0 Å². The van der Waals surface area contributed by atoms with Crippen molar-refractivity contribution >= 4 is 34.4 Å². The molecule has 0 atom stereocenters. The van der Waals surface area contributed by atoms with E-state index in [0.717, 1.165) is 10.4 Å². The minimum absolute atomic E-state index is 0.352. The second-order valence-electron chi connectivity index (χ2n) is 7.03. The van der Waals surface area contributed by atoms with Gasteiger partial charge in [0.2, 0.25) is 0 Å². The molecule has 0 spiro atoms. The molecule has 2 aromatic carbocycles. The van der Waals surface area contributed by atoms with Crippen LogP contribution in [0.15, 0.2) is 71.7 Å². The Bertz CT molecular complexity index is 1140. The summed E-state index contributed by atoms with van der Waals surface area (Å²) in [5.41, 5.74) is 2.27. The third kappa shape index (κ3) is 3.80. The number of nitrogens with zero attached hydrogens (tertiary/aromatic N) is 2. The first-order valence-corrected chi connectivity index (χ1v) is 10.6. The van der Waals surface area contributed by atoms with Gasteiger partial charge in [-0.15, -0.1) is 11.3 Å². The largest absolute Gasteiger partial charge is 0.493 e. The molecule has 0 aliphatic carbocycles. The predicted molar refractivity (Wildman–Crippen MR) is 121 cm³/mol. The molecule has 3 aromatic rings. The highest BCUT2D eigenvalue weighted by molar-refractivity contribution is 7.11. The van der Waals surface area contributed by atoms with Gasteiger partial charge in [-0.2, -0.15) is 0 Å². The number of methoxy groups -OCH3 is 2. The van der Waals surface area contributed by atoms with E-state index in [2.05, 4.69) is 0 Å². The minimum Gasteiger partial charge on any atom is -0.493 e. The molecule has 7 heteroatoms. The number of hydrogen-bond donors (Lipinski definition) is 0. The first-order valence-electron chi connectivity index (χ1n) is 9.69. The summed E-state index contributed by atoms with van der Waals surface area (Å²) in [6.07, 6.45) is 0. The number of thiophene rings is 1. The van der Waals surface area contributed by atoms with Gasteiger partial charge in [0.15, 0.2) is 11.5 Å². The van der Waals surface area contributed by atoms with Gasteiger partial charge in [-0.25, -0.2) is 4.90 Å². The first-order chi connectivity index (χ1) is 15.0. The lowest BCUT2D eigenvalue weighted by Crippen LogP contribution is -2.34. The van der Waals surface area contributed by atoms with Crippen LogP contribution in [-0.2, 0) is 16.1 Å². The number of rotatable bonds is 7. The normalized spacial score (nSPS) is 13.7. The van der Waals surface area contributed by atoms with E-state index in [4.69, 9.17) is 9.47 Å². The van der Waals surface area contributed by atoms with E-state index >= 15 is 0 Å². The lowest BCUT2D eigenvalue weighted by Gasteiger charge is -2.22. The number of ether oxygens (including phenoxy) is 2. The maximum atomic E-state index is 13.5.